The van der Waals surface area contributed by atoms with Crippen molar-refractivity contribution >= 4 is 23.5 Å². The van der Waals surface area contributed by atoms with E-state index in [0.717, 1.165) is 29.6 Å². The molecule has 0 fully saturated rings. The fourth-order valence-corrected chi connectivity index (χ4v) is 2.20. The lowest BCUT2D eigenvalue weighted by molar-refractivity contribution is -0.385. The monoisotopic (exact) mass is 372 g/mol. The minimum atomic E-state index is -0.620. The molecule has 1 unspecified atom stereocenters. The maximum Gasteiger partial charge on any atom is 0.274 e. The van der Waals surface area contributed by atoms with Crippen molar-refractivity contribution in [2.24, 2.45) is 5.10 Å². The quantitative estimate of drug-likeness (QED) is 0.389. The average Bonchev–Trinajstić information content (AvgIpc) is 2.64. The molecule has 0 radical (unpaired) electrons. The highest BCUT2D eigenvalue weighted by molar-refractivity contribution is 5.89. The van der Waals surface area contributed by atoms with Crippen LogP contribution in [0.4, 0.5) is 11.4 Å². The molecule has 142 valence electrons. The van der Waals surface area contributed by atoms with Gasteiger partial charge in [-0.2, -0.15) is 5.10 Å². The summed E-state index contributed by atoms with van der Waals surface area (Å²) >= 11 is 0. The van der Waals surface area contributed by atoms with Gasteiger partial charge in [0.15, 0.2) is 11.5 Å². The predicted octanol–water partition coefficient (Wildman–Crippen LogP) is 2.57. The van der Waals surface area contributed by atoms with Crippen molar-refractivity contribution < 1.29 is 19.6 Å². The summed E-state index contributed by atoms with van der Waals surface area (Å²) in [5.74, 6) is -0.790. The van der Waals surface area contributed by atoms with E-state index in [0.29, 0.717) is 0 Å². The number of rotatable bonds is 7. The molecular formula is C18H20N4O5. The number of amides is 1. The molecule has 0 spiro atoms. The zero-order valence-electron chi connectivity index (χ0n) is 15.1. The number of aryl methyl sites for hydroxylation is 1. The van der Waals surface area contributed by atoms with Crippen LogP contribution in [0.1, 0.15) is 18.1 Å². The molecule has 27 heavy (non-hydrogen) atoms. The molecule has 0 aliphatic carbocycles. The number of nitrogens with one attached hydrogen (secondary N) is 2. The van der Waals surface area contributed by atoms with E-state index in [1.807, 2.05) is 31.2 Å². The largest absolute Gasteiger partial charge is 0.504 e. The van der Waals surface area contributed by atoms with Gasteiger partial charge >= 0.3 is 0 Å². The summed E-state index contributed by atoms with van der Waals surface area (Å²) in [5, 5.41) is 27.7. The minimum Gasteiger partial charge on any atom is -0.504 e. The van der Waals surface area contributed by atoms with Gasteiger partial charge in [-0.3, -0.25) is 14.9 Å². The predicted molar refractivity (Wildman–Crippen MR) is 101 cm³/mol. The van der Waals surface area contributed by atoms with Crippen molar-refractivity contribution in [3.8, 4) is 11.5 Å². The Morgan fingerprint density at radius 1 is 1.33 bits per heavy atom. The van der Waals surface area contributed by atoms with Gasteiger partial charge in [-0.25, -0.2) is 5.43 Å². The summed E-state index contributed by atoms with van der Waals surface area (Å²) in [7, 11) is 1.28. The van der Waals surface area contributed by atoms with Crippen molar-refractivity contribution in [3.63, 3.8) is 0 Å². The second-order valence-electron chi connectivity index (χ2n) is 5.81. The Bertz CT molecular complexity index is 865. The van der Waals surface area contributed by atoms with Gasteiger partial charge in [0.05, 0.1) is 24.3 Å². The zero-order valence-corrected chi connectivity index (χ0v) is 15.1. The molecular weight excluding hydrogens is 352 g/mol. The molecule has 0 aliphatic rings. The highest BCUT2D eigenvalue weighted by Crippen LogP contribution is 2.33. The van der Waals surface area contributed by atoms with Crippen LogP contribution >= 0.6 is 0 Å². The molecule has 9 nitrogen and oxygen atoms in total. The van der Waals surface area contributed by atoms with Crippen molar-refractivity contribution in [2.45, 2.75) is 19.9 Å². The smallest absolute Gasteiger partial charge is 0.274 e. The molecule has 0 aliphatic heterocycles. The number of nitrogens with zero attached hydrogens (tertiary/aromatic N) is 2. The number of carbonyl (C=O) groups is 1. The summed E-state index contributed by atoms with van der Waals surface area (Å²) in [6, 6.07) is 9.21. The minimum absolute atomic E-state index is 0.0421. The molecule has 1 amide bonds. The Hall–Kier alpha value is -3.62. The van der Waals surface area contributed by atoms with Gasteiger partial charge in [-0.15, -0.1) is 0 Å². The zero-order chi connectivity index (χ0) is 20.0. The van der Waals surface area contributed by atoms with Crippen LogP contribution in [0, 0.1) is 17.0 Å². The van der Waals surface area contributed by atoms with Gasteiger partial charge in [0.2, 0.25) is 0 Å². The van der Waals surface area contributed by atoms with E-state index in [-0.39, 0.29) is 22.7 Å². The molecule has 0 saturated carbocycles. The number of hydrogen-bond acceptors (Lipinski definition) is 7. The lowest BCUT2D eigenvalue weighted by Crippen LogP contribution is -2.34. The number of methoxy groups -OCH3 is 1. The summed E-state index contributed by atoms with van der Waals surface area (Å²) in [5.41, 5.74) is 3.98. The molecule has 3 N–H and O–H groups in total. The molecule has 1 atom stereocenters. The van der Waals surface area contributed by atoms with Crippen LogP contribution in [0.5, 0.6) is 11.5 Å². The number of ether oxygens (including phenoxy) is 1. The van der Waals surface area contributed by atoms with Gasteiger partial charge in [-0.05, 0) is 26.0 Å². The molecule has 0 saturated heterocycles. The molecule has 0 bridgehead atoms. The Balaban J connectivity index is 2.05. The third-order valence-electron chi connectivity index (χ3n) is 3.73. The van der Waals surface area contributed by atoms with Gasteiger partial charge in [0.25, 0.3) is 11.6 Å². The summed E-state index contributed by atoms with van der Waals surface area (Å²) < 4.78 is 4.90. The summed E-state index contributed by atoms with van der Waals surface area (Å²) in [4.78, 5) is 22.4. The topological polar surface area (TPSA) is 126 Å². The maximum atomic E-state index is 12.1. The number of hydrazone groups is 1. The standard InChI is InChI=1S/C18H20N4O5/c1-11-4-6-14(7-5-11)20-12(2)18(24)21-19-10-13-8-15(22(25)26)9-16(27-3)17(13)23/h4-10,12,20,23H,1-3H3,(H,21,24)/b19-10+. The van der Waals surface area contributed by atoms with Crippen LogP contribution in [-0.2, 0) is 4.79 Å². The SMILES string of the molecule is COc1cc([N+](=O)[O-])cc(/C=N/NC(=O)C(C)Nc2ccc(C)cc2)c1O. The highest BCUT2D eigenvalue weighted by Gasteiger charge is 2.16. The number of nitro groups is 1. The summed E-state index contributed by atoms with van der Waals surface area (Å²) in [6.07, 6.45) is 1.11. The first-order chi connectivity index (χ1) is 12.8. The first-order valence-corrected chi connectivity index (χ1v) is 8.03. The third kappa shape index (κ3) is 5.18. The number of carbonyl (C=O) groups excluding carboxylic acids is 1. The normalized spacial score (nSPS) is 11.8. The first-order valence-electron chi connectivity index (χ1n) is 8.03. The van der Waals surface area contributed by atoms with Crippen LogP contribution in [0.25, 0.3) is 0 Å². The average molecular weight is 372 g/mol. The van der Waals surface area contributed by atoms with E-state index >= 15 is 0 Å². The van der Waals surface area contributed by atoms with Crippen LogP contribution in [-0.4, -0.2) is 35.3 Å². The number of hydrogen-bond donors (Lipinski definition) is 3. The van der Waals surface area contributed by atoms with E-state index in [1.54, 1.807) is 6.92 Å². The number of non-ortho nitro benzene ring substituents is 1. The maximum absolute atomic E-state index is 12.1. The number of phenolic OH excluding ortho intramolecular Hbond substituents is 1. The van der Waals surface area contributed by atoms with Crippen LogP contribution in [0.15, 0.2) is 41.5 Å². The van der Waals surface area contributed by atoms with Gasteiger partial charge < -0.3 is 15.2 Å². The number of nitro benzene ring substituents is 1. The molecule has 2 aromatic rings. The Labute approximate surface area is 155 Å². The Morgan fingerprint density at radius 3 is 2.59 bits per heavy atom. The van der Waals surface area contributed by atoms with E-state index in [2.05, 4.69) is 15.8 Å². The van der Waals surface area contributed by atoms with E-state index in [1.165, 1.54) is 7.11 Å². The second kappa shape index (κ2) is 8.65. The van der Waals surface area contributed by atoms with E-state index in [9.17, 15) is 20.0 Å². The van der Waals surface area contributed by atoms with E-state index < -0.39 is 16.9 Å². The van der Waals surface area contributed by atoms with Crippen LogP contribution in [0.3, 0.4) is 0 Å². The van der Waals surface area contributed by atoms with Gasteiger partial charge in [0.1, 0.15) is 6.04 Å². The third-order valence-corrected chi connectivity index (χ3v) is 3.73. The van der Waals surface area contributed by atoms with Crippen molar-refractivity contribution in [1.82, 2.24) is 5.43 Å². The second-order valence-corrected chi connectivity index (χ2v) is 5.81. The number of aromatic hydroxyl groups is 1. The van der Waals surface area contributed by atoms with Gasteiger partial charge in [-0.1, -0.05) is 17.7 Å². The molecule has 9 heteroatoms. The van der Waals surface area contributed by atoms with Crippen LogP contribution in [0.2, 0.25) is 0 Å². The van der Waals surface area contributed by atoms with Crippen LogP contribution < -0.4 is 15.5 Å². The number of anilines is 1. The molecule has 0 aromatic heterocycles. The molecule has 2 rings (SSSR count). The Morgan fingerprint density at radius 2 is 2.00 bits per heavy atom. The van der Waals surface area contributed by atoms with Crippen molar-refractivity contribution in [3.05, 3.63) is 57.6 Å². The molecule has 2 aromatic carbocycles. The fraction of sp³-hybridized carbons (Fsp3) is 0.222. The lowest BCUT2D eigenvalue weighted by atomic mass is 10.2. The van der Waals surface area contributed by atoms with E-state index in [4.69, 9.17) is 4.74 Å². The number of phenols is 1. The van der Waals surface area contributed by atoms with Gasteiger partial charge in [0, 0.05) is 17.3 Å². The molecule has 0 heterocycles. The first kappa shape index (κ1) is 19.7. The fourth-order valence-electron chi connectivity index (χ4n) is 2.20. The summed E-state index contributed by atoms with van der Waals surface area (Å²) in [6.45, 7) is 3.63. The van der Waals surface area contributed by atoms with Crippen molar-refractivity contribution in [1.29, 1.82) is 0 Å². The lowest BCUT2D eigenvalue weighted by Gasteiger charge is -2.13. The Kier molecular flexibility index (Phi) is 6.32. The highest BCUT2D eigenvalue weighted by atomic mass is 16.6. The number of benzene rings is 2. The van der Waals surface area contributed by atoms with Crippen molar-refractivity contribution in [2.75, 3.05) is 12.4 Å².